The highest BCUT2D eigenvalue weighted by atomic mass is 16.4. The first kappa shape index (κ1) is 14.8. The van der Waals surface area contributed by atoms with Crippen molar-refractivity contribution in [3.63, 3.8) is 0 Å². The molecule has 2 aromatic carbocycles. The van der Waals surface area contributed by atoms with Crippen molar-refractivity contribution in [3.8, 4) is 0 Å². The van der Waals surface area contributed by atoms with Gasteiger partial charge in [-0.2, -0.15) is 0 Å². The third kappa shape index (κ3) is 2.94. The number of hydrogen-bond donors (Lipinski definition) is 2. The van der Waals surface area contributed by atoms with Crippen LogP contribution in [0.2, 0.25) is 0 Å². The van der Waals surface area contributed by atoms with E-state index in [1.54, 1.807) is 12.1 Å². The van der Waals surface area contributed by atoms with Gasteiger partial charge in [-0.05, 0) is 30.7 Å². The lowest BCUT2D eigenvalue weighted by molar-refractivity contribution is 0.0696. The molecule has 1 amide bonds. The molecule has 0 fully saturated rings. The molecule has 0 saturated heterocycles. The Morgan fingerprint density at radius 2 is 1.91 bits per heavy atom. The van der Waals surface area contributed by atoms with Gasteiger partial charge in [0.25, 0.3) is 5.91 Å². The highest BCUT2D eigenvalue weighted by Crippen LogP contribution is 2.24. The van der Waals surface area contributed by atoms with Gasteiger partial charge in [0.05, 0.1) is 5.56 Å². The number of fused-ring (bicyclic) bond motifs is 1. The third-order valence-electron chi connectivity index (χ3n) is 3.68. The summed E-state index contributed by atoms with van der Waals surface area (Å²) in [5.74, 6) is -1.04. The van der Waals surface area contributed by atoms with Crippen LogP contribution in [0.4, 0.5) is 0 Å². The van der Waals surface area contributed by atoms with E-state index in [0.29, 0.717) is 11.1 Å². The zero-order valence-electron chi connectivity index (χ0n) is 12.5. The molecule has 1 aromatic heterocycles. The van der Waals surface area contributed by atoms with Crippen LogP contribution < -0.4 is 5.32 Å². The second-order valence-electron chi connectivity index (χ2n) is 5.24. The molecular formula is C18H15NO4. The smallest absolute Gasteiger partial charge is 0.335 e. The summed E-state index contributed by atoms with van der Waals surface area (Å²) in [5, 5.41) is 12.6. The third-order valence-corrected chi connectivity index (χ3v) is 3.68. The largest absolute Gasteiger partial charge is 0.478 e. The van der Waals surface area contributed by atoms with Crippen molar-refractivity contribution in [2.45, 2.75) is 13.5 Å². The highest BCUT2D eigenvalue weighted by molar-refractivity contribution is 5.98. The Hall–Kier alpha value is -3.08. The minimum Gasteiger partial charge on any atom is -0.478 e. The van der Waals surface area contributed by atoms with E-state index in [4.69, 9.17) is 9.52 Å². The maximum absolute atomic E-state index is 12.3. The Morgan fingerprint density at radius 1 is 1.13 bits per heavy atom. The summed E-state index contributed by atoms with van der Waals surface area (Å²) in [7, 11) is 0. The Balaban J connectivity index is 1.77. The molecule has 0 unspecified atom stereocenters. The zero-order valence-corrected chi connectivity index (χ0v) is 12.5. The number of benzene rings is 2. The van der Waals surface area contributed by atoms with Crippen LogP contribution in [0.1, 0.15) is 32.0 Å². The van der Waals surface area contributed by atoms with Gasteiger partial charge in [-0.25, -0.2) is 4.79 Å². The van der Waals surface area contributed by atoms with Crippen LogP contribution in [-0.2, 0) is 6.54 Å². The number of aromatic carboxylic acids is 1. The Bertz CT molecular complexity index is 895. The van der Waals surface area contributed by atoms with Crippen LogP contribution >= 0.6 is 0 Å². The summed E-state index contributed by atoms with van der Waals surface area (Å²) in [6.45, 7) is 2.07. The lowest BCUT2D eigenvalue weighted by atomic mass is 10.1. The van der Waals surface area contributed by atoms with Gasteiger partial charge >= 0.3 is 5.97 Å². The topological polar surface area (TPSA) is 79.5 Å². The number of carbonyl (C=O) groups excluding carboxylic acids is 1. The molecule has 3 rings (SSSR count). The maximum Gasteiger partial charge on any atom is 0.335 e. The van der Waals surface area contributed by atoms with Gasteiger partial charge < -0.3 is 14.8 Å². The highest BCUT2D eigenvalue weighted by Gasteiger charge is 2.17. The van der Waals surface area contributed by atoms with Gasteiger partial charge in [0, 0.05) is 17.5 Å². The minimum atomic E-state index is -0.994. The van der Waals surface area contributed by atoms with E-state index >= 15 is 0 Å². The monoisotopic (exact) mass is 309 g/mol. The molecular weight excluding hydrogens is 294 g/mol. The fraction of sp³-hybridized carbons (Fsp3) is 0.111. The predicted molar refractivity (Wildman–Crippen MR) is 85.5 cm³/mol. The number of rotatable bonds is 4. The fourth-order valence-corrected chi connectivity index (χ4v) is 2.47. The van der Waals surface area contributed by atoms with Gasteiger partial charge in [0.2, 0.25) is 0 Å². The molecule has 0 spiro atoms. The number of amides is 1. The molecule has 0 bridgehead atoms. The molecule has 0 saturated carbocycles. The molecule has 0 aliphatic carbocycles. The quantitative estimate of drug-likeness (QED) is 0.774. The lowest BCUT2D eigenvalue weighted by Gasteiger charge is -2.05. The van der Waals surface area contributed by atoms with E-state index in [1.807, 2.05) is 31.2 Å². The molecule has 116 valence electrons. The first-order valence-electron chi connectivity index (χ1n) is 7.15. The molecule has 5 nitrogen and oxygen atoms in total. The molecule has 23 heavy (non-hydrogen) atoms. The second-order valence-corrected chi connectivity index (χ2v) is 5.24. The normalized spacial score (nSPS) is 10.7. The Kier molecular flexibility index (Phi) is 3.85. The predicted octanol–water partition coefficient (Wildman–Crippen LogP) is 3.37. The van der Waals surface area contributed by atoms with Crippen molar-refractivity contribution in [3.05, 3.63) is 71.0 Å². The summed E-state index contributed by atoms with van der Waals surface area (Å²) < 4.78 is 5.60. The molecule has 0 aliphatic heterocycles. The van der Waals surface area contributed by atoms with Gasteiger partial charge in [-0.1, -0.05) is 30.3 Å². The minimum absolute atomic E-state index is 0.191. The van der Waals surface area contributed by atoms with E-state index < -0.39 is 5.97 Å². The van der Waals surface area contributed by atoms with E-state index in [0.717, 1.165) is 10.9 Å². The molecule has 2 N–H and O–H groups in total. The molecule has 1 heterocycles. The summed E-state index contributed by atoms with van der Waals surface area (Å²) in [6.07, 6.45) is 0. The number of aryl methyl sites for hydroxylation is 1. The van der Waals surface area contributed by atoms with Crippen molar-refractivity contribution >= 4 is 22.8 Å². The van der Waals surface area contributed by atoms with Crippen LogP contribution in [0.25, 0.3) is 11.0 Å². The van der Waals surface area contributed by atoms with Gasteiger partial charge in [-0.3, -0.25) is 4.79 Å². The summed E-state index contributed by atoms with van der Waals surface area (Å²) in [5.41, 5.74) is 2.36. The summed E-state index contributed by atoms with van der Waals surface area (Å²) in [6, 6.07) is 13.9. The van der Waals surface area contributed by atoms with Crippen molar-refractivity contribution in [2.75, 3.05) is 0 Å². The number of carboxylic acid groups (broad SMARTS) is 1. The van der Waals surface area contributed by atoms with Crippen LogP contribution in [0, 0.1) is 6.92 Å². The average molecular weight is 309 g/mol. The van der Waals surface area contributed by atoms with Crippen molar-refractivity contribution in [1.29, 1.82) is 0 Å². The molecule has 0 aliphatic rings. The molecule has 5 heteroatoms. The van der Waals surface area contributed by atoms with Crippen molar-refractivity contribution < 1.29 is 19.1 Å². The number of para-hydroxylation sites is 1. The number of furan rings is 1. The number of carboxylic acids is 1. The zero-order chi connectivity index (χ0) is 16.4. The SMILES string of the molecule is Cc1c(C(=O)NCc2cccc(C(=O)O)c2)oc2ccccc12. The first-order chi connectivity index (χ1) is 11.1. The maximum atomic E-state index is 12.3. The van der Waals surface area contributed by atoms with E-state index in [9.17, 15) is 9.59 Å². The molecule has 0 radical (unpaired) electrons. The second kappa shape index (κ2) is 5.96. The molecule has 0 atom stereocenters. The lowest BCUT2D eigenvalue weighted by Crippen LogP contribution is -2.23. The number of nitrogens with one attached hydrogen (secondary N) is 1. The van der Waals surface area contributed by atoms with Crippen LogP contribution in [0.3, 0.4) is 0 Å². The standard InChI is InChI=1S/C18H15NO4/c1-11-14-7-2-3-8-15(14)23-16(11)17(20)19-10-12-5-4-6-13(9-12)18(21)22/h2-9H,10H2,1H3,(H,19,20)(H,21,22). The van der Waals surface area contributed by atoms with E-state index in [-0.39, 0.29) is 23.8 Å². The fourth-order valence-electron chi connectivity index (χ4n) is 2.47. The molecule has 3 aromatic rings. The van der Waals surface area contributed by atoms with Crippen molar-refractivity contribution in [2.24, 2.45) is 0 Å². The Morgan fingerprint density at radius 3 is 2.65 bits per heavy atom. The number of hydrogen-bond acceptors (Lipinski definition) is 3. The average Bonchev–Trinajstić information content (AvgIpc) is 2.90. The van der Waals surface area contributed by atoms with Gasteiger partial charge in [0.1, 0.15) is 5.58 Å². The van der Waals surface area contributed by atoms with Crippen LogP contribution in [0.15, 0.2) is 52.9 Å². The van der Waals surface area contributed by atoms with Crippen LogP contribution in [-0.4, -0.2) is 17.0 Å². The van der Waals surface area contributed by atoms with Gasteiger partial charge in [-0.15, -0.1) is 0 Å². The number of carbonyl (C=O) groups is 2. The summed E-state index contributed by atoms with van der Waals surface area (Å²) in [4.78, 5) is 23.3. The van der Waals surface area contributed by atoms with Crippen molar-refractivity contribution in [1.82, 2.24) is 5.32 Å². The Labute approximate surface area is 132 Å². The first-order valence-corrected chi connectivity index (χ1v) is 7.15. The summed E-state index contributed by atoms with van der Waals surface area (Å²) >= 11 is 0. The van der Waals surface area contributed by atoms with Crippen LogP contribution in [0.5, 0.6) is 0 Å². The van der Waals surface area contributed by atoms with Gasteiger partial charge in [0.15, 0.2) is 5.76 Å². The van der Waals surface area contributed by atoms with E-state index in [2.05, 4.69) is 5.32 Å². The van der Waals surface area contributed by atoms with E-state index in [1.165, 1.54) is 12.1 Å².